The van der Waals surface area contributed by atoms with Gasteiger partial charge in [0.25, 0.3) is 0 Å². The highest BCUT2D eigenvalue weighted by Gasteiger charge is 2.38. The fourth-order valence-corrected chi connectivity index (χ4v) is 4.59. The number of hydrogen-bond acceptors (Lipinski definition) is 7. The molecule has 1 aromatic carbocycles. The Morgan fingerprint density at radius 2 is 1.24 bits per heavy atom. The van der Waals surface area contributed by atoms with Gasteiger partial charge in [-0.05, 0) is 63.9 Å². The van der Waals surface area contributed by atoms with Crippen LogP contribution in [0.1, 0.15) is 87.6 Å². The third-order valence-corrected chi connectivity index (χ3v) is 7.13. The summed E-state index contributed by atoms with van der Waals surface area (Å²) in [6, 6.07) is 5.51. The van der Waals surface area contributed by atoms with Crippen LogP contribution in [0, 0.1) is 17.8 Å². The molecule has 2 N–H and O–H groups in total. The average Bonchev–Trinajstić information content (AvgIpc) is 2.94. The normalized spacial score (nSPS) is 14.3. The number of esters is 1. The van der Waals surface area contributed by atoms with E-state index in [1.165, 1.54) is 30.8 Å². The van der Waals surface area contributed by atoms with Gasteiger partial charge in [-0.2, -0.15) is 0 Å². The quantitative estimate of drug-likeness (QED) is 0.271. The van der Waals surface area contributed by atoms with Crippen LogP contribution in [0.3, 0.4) is 0 Å². The van der Waals surface area contributed by atoms with Gasteiger partial charge < -0.3 is 25.0 Å². The highest BCUT2D eigenvalue weighted by atomic mass is 16.6. The molecule has 1 rings (SSSR count). The second-order valence-electron chi connectivity index (χ2n) is 13.9. The molecule has 0 saturated heterocycles. The summed E-state index contributed by atoms with van der Waals surface area (Å²) in [6.07, 6.45) is 0.0428. The molecule has 4 atom stereocenters. The van der Waals surface area contributed by atoms with Crippen molar-refractivity contribution in [3.63, 3.8) is 0 Å². The van der Waals surface area contributed by atoms with E-state index in [2.05, 4.69) is 10.6 Å². The van der Waals surface area contributed by atoms with E-state index in [9.17, 15) is 24.0 Å². The van der Waals surface area contributed by atoms with Gasteiger partial charge in [-0.25, -0.2) is 9.59 Å². The molecule has 0 unspecified atom stereocenters. The molecule has 0 heterocycles. The molecule has 0 bridgehead atoms. The second-order valence-corrected chi connectivity index (χ2v) is 13.9. The van der Waals surface area contributed by atoms with E-state index < -0.39 is 59.6 Å². The molecule has 0 saturated carbocycles. The van der Waals surface area contributed by atoms with Crippen molar-refractivity contribution < 1.29 is 33.4 Å². The van der Waals surface area contributed by atoms with Crippen LogP contribution in [0.15, 0.2) is 30.3 Å². The minimum absolute atomic E-state index is 0.0429. The molecule has 254 valence electrons. The fraction of sp³-hybridized carbons (Fsp3) is 0.676. The van der Waals surface area contributed by atoms with Gasteiger partial charge in [0.1, 0.15) is 36.4 Å². The lowest BCUT2D eigenvalue weighted by molar-refractivity contribution is -0.150. The molecule has 0 aliphatic rings. The predicted molar refractivity (Wildman–Crippen MR) is 174 cm³/mol. The van der Waals surface area contributed by atoms with Gasteiger partial charge >= 0.3 is 12.1 Å². The van der Waals surface area contributed by atoms with Gasteiger partial charge in [0.05, 0.1) is 0 Å². The minimum Gasteiger partial charge on any atom is -0.459 e. The molecule has 0 aliphatic heterocycles. The Morgan fingerprint density at radius 3 is 1.71 bits per heavy atom. The van der Waals surface area contributed by atoms with Crippen LogP contribution >= 0.6 is 0 Å². The Morgan fingerprint density at radius 1 is 0.756 bits per heavy atom. The highest BCUT2D eigenvalue weighted by Crippen LogP contribution is 2.19. The Hall–Kier alpha value is -3.63. The summed E-state index contributed by atoms with van der Waals surface area (Å²) in [7, 11) is 3.03. The van der Waals surface area contributed by atoms with Gasteiger partial charge in [0.15, 0.2) is 0 Å². The molecular weight excluding hydrogens is 576 g/mol. The molecule has 0 fully saturated rings. The predicted octanol–water partition coefficient (Wildman–Crippen LogP) is 4.53. The van der Waals surface area contributed by atoms with E-state index in [-0.39, 0.29) is 24.4 Å². The number of nitrogens with zero attached hydrogens (tertiary/aromatic N) is 2. The Kier molecular flexibility index (Phi) is 15.5. The third-order valence-electron chi connectivity index (χ3n) is 7.13. The molecule has 0 spiro atoms. The van der Waals surface area contributed by atoms with E-state index in [0.29, 0.717) is 12.8 Å². The average molecular weight is 633 g/mol. The van der Waals surface area contributed by atoms with Crippen molar-refractivity contribution in [2.24, 2.45) is 17.8 Å². The van der Waals surface area contributed by atoms with Crippen molar-refractivity contribution in [2.45, 2.75) is 118 Å². The third kappa shape index (κ3) is 13.5. The van der Waals surface area contributed by atoms with E-state index >= 15 is 0 Å². The Balaban J connectivity index is 3.11. The minimum atomic E-state index is -0.972. The van der Waals surface area contributed by atoms with Crippen LogP contribution in [-0.2, 0) is 35.3 Å². The summed E-state index contributed by atoms with van der Waals surface area (Å²) >= 11 is 0. The first-order valence-electron chi connectivity index (χ1n) is 15.8. The number of amides is 4. The molecule has 0 radical (unpaired) electrons. The zero-order chi connectivity index (χ0) is 34.6. The Bertz CT molecular complexity index is 1130. The molecular formula is C34H56N4O7. The van der Waals surface area contributed by atoms with Crippen LogP contribution < -0.4 is 10.6 Å². The topological polar surface area (TPSA) is 134 Å². The number of ether oxygens (including phenoxy) is 2. The van der Waals surface area contributed by atoms with Crippen LogP contribution in [0.2, 0.25) is 0 Å². The molecule has 1 aromatic rings. The van der Waals surface area contributed by atoms with Crippen molar-refractivity contribution in [2.75, 3.05) is 14.1 Å². The van der Waals surface area contributed by atoms with Gasteiger partial charge in [-0.3, -0.25) is 19.3 Å². The molecule has 45 heavy (non-hydrogen) atoms. The first kappa shape index (κ1) is 39.4. The van der Waals surface area contributed by atoms with Gasteiger partial charge in [-0.15, -0.1) is 0 Å². The lowest BCUT2D eigenvalue weighted by Gasteiger charge is -2.35. The summed E-state index contributed by atoms with van der Waals surface area (Å²) in [6.45, 7) is 18.2. The maximum Gasteiger partial charge on any atom is 0.410 e. The molecule has 0 aliphatic carbocycles. The molecule has 11 nitrogen and oxygen atoms in total. The molecule has 11 heteroatoms. The smallest absolute Gasteiger partial charge is 0.410 e. The number of carbonyl (C=O) groups is 5. The van der Waals surface area contributed by atoms with E-state index in [0.717, 1.165) is 5.56 Å². The first-order chi connectivity index (χ1) is 20.7. The lowest BCUT2D eigenvalue weighted by atomic mass is 9.97. The van der Waals surface area contributed by atoms with Crippen molar-refractivity contribution in [1.82, 2.24) is 20.4 Å². The van der Waals surface area contributed by atoms with Gasteiger partial charge in [0.2, 0.25) is 17.7 Å². The largest absolute Gasteiger partial charge is 0.459 e. The van der Waals surface area contributed by atoms with Crippen LogP contribution in [0.25, 0.3) is 0 Å². The van der Waals surface area contributed by atoms with Crippen molar-refractivity contribution in [3.05, 3.63) is 35.9 Å². The SMILES string of the molecule is CC(C)C[C@@H](C(=O)N[C@H](C(=O)N(C)[C@@H](CC(C)C)C(=O)N[C@@H](C)C(=O)OCc1ccccc1)C(C)C)N(C)C(=O)OC(C)(C)C. The van der Waals surface area contributed by atoms with Crippen molar-refractivity contribution in [1.29, 1.82) is 0 Å². The number of carbonyl (C=O) groups excluding carboxylic acids is 5. The van der Waals surface area contributed by atoms with Crippen molar-refractivity contribution in [3.8, 4) is 0 Å². The van der Waals surface area contributed by atoms with Crippen LogP contribution in [0.4, 0.5) is 4.79 Å². The van der Waals surface area contributed by atoms with Gasteiger partial charge in [-0.1, -0.05) is 71.9 Å². The summed E-state index contributed by atoms with van der Waals surface area (Å²) in [5, 5.41) is 5.55. The maximum absolute atomic E-state index is 13.9. The van der Waals surface area contributed by atoms with Gasteiger partial charge in [0, 0.05) is 14.1 Å². The maximum atomic E-state index is 13.9. The van der Waals surface area contributed by atoms with Crippen LogP contribution in [0.5, 0.6) is 0 Å². The summed E-state index contributed by atoms with van der Waals surface area (Å²) in [4.78, 5) is 69.1. The number of likely N-dealkylation sites (N-methyl/N-ethyl adjacent to an activating group) is 2. The first-order valence-corrected chi connectivity index (χ1v) is 15.8. The number of nitrogens with one attached hydrogen (secondary N) is 2. The number of benzene rings is 1. The van der Waals surface area contributed by atoms with Crippen molar-refractivity contribution >= 4 is 29.8 Å². The van der Waals surface area contributed by atoms with Crippen LogP contribution in [-0.4, -0.2) is 83.4 Å². The molecule has 4 amide bonds. The zero-order valence-corrected chi connectivity index (χ0v) is 29.3. The number of hydrogen-bond donors (Lipinski definition) is 2. The fourth-order valence-electron chi connectivity index (χ4n) is 4.59. The number of rotatable bonds is 15. The molecule has 0 aromatic heterocycles. The highest BCUT2D eigenvalue weighted by molar-refractivity contribution is 5.94. The standard InChI is InChI=1S/C34H56N4O7/c1-21(2)18-26(29(39)35-24(7)32(42)44-20-25-16-14-13-15-17-25)37(11)31(41)28(23(5)6)36-30(40)27(19-22(3)4)38(12)33(43)45-34(8,9)10/h13-17,21-24,26-28H,18-20H2,1-12H3,(H,35,39)(H,36,40)/t24-,26-,27-,28-/m0/s1. The summed E-state index contributed by atoms with van der Waals surface area (Å²) in [5.41, 5.74) is 0.0768. The summed E-state index contributed by atoms with van der Waals surface area (Å²) < 4.78 is 10.9. The Labute approximate surface area is 269 Å². The second kappa shape index (κ2) is 17.8. The monoisotopic (exact) mass is 632 g/mol. The lowest BCUT2D eigenvalue weighted by Crippen LogP contribution is -2.59. The van der Waals surface area contributed by atoms with E-state index in [4.69, 9.17) is 9.47 Å². The van der Waals surface area contributed by atoms with E-state index in [1.54, 1.807) is 34.6 Å². The summed E-state index contributed by atoms with van der Waals surface area (Å²) in [5.74, 6) is -2.26. The zero-order valence-electron chi connectivity index (χ0n) is 29.3. The van der Waals surface area contributed by atoms with E-state index in [1.807, 2.05) is 58.0 Å².